The lowest BCUT2D eigenvalue weighted by Gasteiger charge is -2.22. The van der Waals surface area contributed by atoms with Gasteiger partial charge in [-0.15, -0.1) is 0 Å². The van der Waals surface area contributed by atoms with Gasteiger partial charge in [-0.3, -0.25) is 4.79 Å². The molecule has 102 valence electrons. The van der Waals surface area contributed by atoms with E-state index in [0.29, 0.717) is 6.54 Å². The molecule has 6 heteroatoms. The van der Waals surface area contributed by atoms with Crippen LogP contribution in [0.5, 0.6) is 0 Å². The van der Waals surface area contributed by atoms with E-state index in [1.165, 1.54) is 12.1 Å². The molecule has 0 bridgehead atoms. The van der Waals surface area contributed by atoms with Gasteiger partial charge in [0.2, 0.25) is 5.91 Å². The summed E-state index contributed by atoms with van der Waals surface area (Å²) in [5.74, 6) is -2.61. The third-order valence-electron chi connectivity index (χ3n) is 3.16. The number of para-hydroxylation sites is 1. The largest absolute Gasteiger partial charge is 0.478 e. The van der Waals surface area contributed by atoms with Gasteiger partial charge in [-0.25, -0.2) is 9.18 Å². The van der Waals surface area contributed by atoms with Crippen LogP contribution in [0.3, 0.4) is 0 Å². The van der Waals surface area contributed by atoms with Crippen LogP contribution in [0.2, 0.25) is 0 Å². The van der Waals surface area contributed by atoms with Gasteiger partial charge in [0.1, 0.15) is 5.82 Å². The van der Waals surface area contributed by atoms with Gasteiger partial charge in [-0.2, -0.15) is 0 Å². The summed E-state index contributed by atoms with van der Waals surface area (Å²) in [5.41, 5.74) is -0.498. The SMILES string of the molecule is O=C(O)c1cccc(F)c1NC(=O)[C@@H]1CCCNC1. The zero-order valence-electron chi connectivity index (χ0n) is 10.3. The third-order valence-corrected chi connectivity index (χ3v) is 3.16. The lowest BCUT2D eigenvalue weighted by Crippen LogP contribution is -2.37. The summed E-state index contributed by atoms with van der Waals surface area (Å²) in [5, 5.41) is 14.5. The molecule has 19 heavy (non-hydrogen) atoms. The van der Waals surface area contributed by atoms with E-state index >= 15 is 0 Å². The first-order valence-electron chi connectivity index (χ1n) is 6.13. The number of carbonyl (C=O) groups is 2. The highest BCUT2D eigenvalue weighted by Gasteiger charge is 2.23. The molecular weight excluding hydrogens is 251 g/mol. The van der Waals surface area contributed by atoms with Crippen LogP contribution in [0.4, 0.5) is 10.1 Å². The molecule has 0 aliphatic carbocycles. The van der Waals surface area contributed by atoms with Gasteiger partial charge in [0, 0.05) is 6.54 Å². The van der Waals surface area contributed by atoms with Crippen LogP contribution in [0.25, 0.3) is 0 Å². The van der Waals surface area contributed by atoms with Crippen molar-refractivity contribution in [3.63, 3.8) is 0 Å². The zero-order chi connectivity index (χ0) is 13.8. The average Bonchev–Trinajstić information content (AvgIpc) is 2.41. The first kappa shape index (κ1) is 13.5. The van der Waals surface area contributed by atoms with E-state index in [9.17, 15) is 14.0 Å². The Bertz CT molecular complexity index is 499. The number of aromatic carboxylic acids is 1. The van der Waals surface area contributed by atoms with Crippen molar-refractivity contribution in [3.05, 3.63) is 29.6 Å². The number of amides is 1. The van der Waals surface area contributed by atoms with Crippen LogP contribution in [0.15, 0.2) is 18.2 Å². The summed E-state index contributed by atoms with van der Waals surface area (Å²) < 4.78 is 13.6. The van der Waals surface area contributed by atoms with E-state index in [1.807, 2.05) is 0 Å². The number of hydrogen-bond acceptors (Lipinski definition) is 3. The molecular formula is C13H15FN2O3. The molecule has 1 fully saturated rings. The number of carbonyl (C=O) groups excluding carboxylic acids is 1. The summed E-state index contributed by atoms with van der Waals surface area (Å²) in [7, 11) is 0. The van der Waals surface area contributed by atoms with Gasteiger partial charge < -0.3 is 15.7 Å². The van der Waals surface area contributed by atoms with Crippen molar-refractivity contribution < 1.29 is 19.1 Å². The van der Waals surface area contributed by atoms with Crippen LogP contribution in [-0.4, -0.2) is 30.1 Å². The number of carboxylic acids is 1. The Morgan fingerprint density at radius 1 is 1.42 bits per heavy atom. The van der Waals surface area contributed by atoms with Gasteiger partial charge in [-0.05, 0) is 31.5 Å². The molecule has 1 atom stereocenters. The monoisotopic (exact) mass is 266 g/mol. The van der Waals surface area contributed by atoms with E-state index < -0.39 is 11.8 Å². The fourth-order valence-electron chi connectivity index (χ4n) is 2.13. The molecule has 0 radical (unpaired) electrons. The molecule has 1 aliphatic heterocycles. The Hall–Kier alpha value is -1.95. The number of halogens is 1. The molecule has 3 N–H and O–H groups in total. The molecule has 0 spiro atoms. The molecule has 0 aromatic heterocycles. The highest BCUT2D eigenvalue weighted by Crippen LogP contribution is 2.21. The maximum absolute atomic E-state index is 13.6. The second-order valence-electron chi connectivity index (χ2n) is 4.50. The normalized spacial score (nSPS) is 18.9. The minimum Gasteiger partial charge on any atom is -0.478 e. The summed E-state index contributed by atoms with van der Waals surface area (Å²) in [4.78, 5) is 23.0. The number of anilines is 1. The standard InChI is InChI=1S/C13H15FN2O3/c14-10-5-1-4-9(13(18)19)11(10)16-12(17)8-3-2-6-15-7-8/h1,4-5,8,15H,2-3,6-7H2,(H,16,17)(H,18,19)/t8-/m1/s1. The molecule has 1 amide bonds. The quantitative estimate of drug-likeness (QED) is 0.774. The van der Waals surface area contributed by atoms with Crippen LogP contribution in [-0.2, 0) is 4.79 Å². The molecule has 1 aromatic rings. The minimum atomic E-state index is -1.27. The van der Waals surface area contributed by atoms with Crippen LogP contribution in [0.1, 0.15) is 23.2 Å². The third kappa shape index (κ3) is 3.08. The van der Waals surface area contributed by atoms with Crippen molar-refractivity contribution in [1.82, 2.24) is 5.32 Å². The van der Waals surface area contributed by atoms with Gasteiger partial charge in [-0.1, -0.05) is 6.07 Å². The minimum absolute atomic E-state index is 0.239. The van der Waals surface area contributed by atoms with Crippen molar-refractivity contribution in [2.24, 2.45) is 5.92 Å². The van der Waals surface area contributed by atoms with Crippen molar-refractivity contribution in [3.8, 4) is 0 Å². The van der Waals surface area contributed by atoms with E-state index in [2.05, 4.69) is 10.6 Å². The Balaban J connectivity index is 2.18. The van der Waals surface area contributed by atoms with E-state index in [0.717, 1.165) is 25.5 Å². The van der Waals surface area contributed by atoms with Gasteiger partial charge in [0.25, 0.3) is 0 Å². The Labute approximate surface area is 109 Å². The summed E-state index contributed by atoms with van der Waals surface area (Å²) in [6.07, 6.45) is 1.59. The second-order valence-corrected chi connectivity index (χ2v) is 4.50. The highest BCUT2D eigenvalue weighted by atomic mass is 19.1. The number of carboxylic acid groups (broad SMARTS) is 1. The van der Waals surface area contributed by atoms with Gasteiger partial charge in [0.05, 0.1) is 17.2 Å². The number of rotatable bonds is 3. The summed E-state index contributed by atoms with van der Waals surface area (Å²) >= 11 is 0. The molecule has 1 aromatic carbocycles. The zero-order valence-corrected chi connectivity index (χ0v) is 10.3. The van der Waals surface area contributed by atoms with Gasteiger partial charge >= 0.3 is 5.97 Å². The number of benzene rings is 1. The lowest BCUT2D eigenvalue weighted by molar-refractivity contribution is -0.120. The Morgan fingerprint density at radius 3 is 2.84 bits per heavy atom. The molecule has 1 aliphatic rings. The maximum atomic E-state index is 13.6. The summed E-state index contributed by atoms with van der Waals surface area (Å²) in [6, 6.07) is 3.69. The van der Waals surface area contributed by atoms with Crippen LogP contribution in [0, 0.1) is 11.7 Å². The topological polar surface area (TPSA) is 78.4 Å². The van der Waals surface area contributed by atoms with E-state index in [1.54, 1.807) is 0 Å². The molecule has 1 saturated heterocycles. The molecule has 0 unspecified atom stereocenters. The molecule has 2 rings (SSSR count). The van der Waals surface area contributed by atoms with Gasteiger partial charge in [0.15, 0.2) is 0 Å². The predicted octanol–water partition coefficient (Wildman–Crippen LogP) is 1.46. The van der Waals surface area contributed by atoms with E-state index in [-0.39, 0.29) is 23.1 Å². The molecule has 1 heterocycles. The first-order chi connectivity index (χ1) is 9.09. The number of piperidine rings is 1. The maximum Gasteiger partial charge on any atom is 0.337 e. The number of nitrogens with one attached hydrogen (secondary N) is 2. The van der Waals surface area contributed by atoms with E-state index in [4.69, 9.17) is 5.11 Å². The highest BCUT2D eigenvalue weighted by molar-refractivity contribution is 6.01. The first-order valence-corrected chi connectivity index (χ1v) is 6.13. The fourth-order valence-corrected chi connectivity index (χ4v) is 2.13. The van der Waals surface area contributed by atoms with Crippen LogP contribution < -0.4 is 10.6 Å². The van der Waals surface area contributed by atoms with Crippen LogP contribution >= 0.6 is 0 Å². The Morgan fingerprint density at radius 2 is 2.21 bits per heavy atom. The smallest absolute Gasteiger partial charge is 0.337 e. The van der Waals surface area contributed by atoms with Crippen molar-refractivity contribution >= 4 is 17.6 Å². The predicted molar refractivity (Wildman–Crippen MR) is 67.6 cm³/mol. The van der Waals surface area contributed by atoms with Crippen molar-refractivity contribution in [1.29, 1.82) is 0 Å². The summed E-state index contributed by atoms with van der Waals surface area (Å²) in [6.45, 7) is 1.40. The second kappa shape index (κ2) is 5.79. The Kier molecular flexibility index (Phi) is 4.11. The molecule has 0 saturated carbocycles. The number of hydrogen-bond donors (Lipinski definition) is 3. The van der Waals surface area contributed by atoms with Crippen molar-refractivity contribution in [2.45, 2.75) is 12.8 Å². The lowest BCUT2D eigenvalue weighted by atomic mass is 9.98. The fraction of sp³-hybridized carbons (Fsp3) is 0.385. The van der Waals surface area contributed by atoms with Crippen molar-refractivity contribution in [2.75, 3.05) is 18.4 Å². The molecule has 5 nitrogen and oxygen atoms in total. The average molecular weight is 266 g/mol.